The van der Waals surface area contributed by atoms with Crippen molar-refractivity contribution in [1.29, 1.82) is 0 Å². The third kappa shape index (κ3) is 4.28. The molecule has 0 spiro atoms. The van der Waals surface area contributed by atoms with E-state index in [1.54, 1.807) is 37.4 Å². The molecule has 0 N–H and O–H groups in total. The first-order chi connectivity index (χ1) is 13.8. The van der Waals surface area contributed by atoms with E-state index in [0.717, 1.165) is 28.1 Å². The Morgan fingerprint density at radius 2 is 1.43 bits per heavy atom. The molecule has 0 fully saturated rings. The monoisotopic (exact) mass is 429 g/mol. The first-order valence-electron chi connectivity index (χ1n) is 9.39. The average Bonchev–Trinajstić information content (AvgIpc) is 2.69. The zero-order valence-electron chi connectivity index (χ0n) is 18.4. The van der Waals surface area contributed by atoms with Gasteiger partial charge >= 0.3 is 5.69 Å². The van der Waals surface area contributed by atoms with Crippen molar-refractivity contribution < 1.29 is 9.47 Å². The third-order valence-electron chi connectivity index (χ3n) is 5.09. The minimum absolute atomic E-state index is 0. The summed E-state index contributed by atoms with van der Waals surface area (Å²) in [6.07, 6.45) is 0. The number of methoxy groups -OCH3 is 2. The van der Waals surface area contributed by atoms with E-state index in [2.05, 4.69) is 19.1 Å². The molecule has 160 valence electrons. The maximum Gasteiger partial charge on any atom is 0.329 e. The summed E-state index contributed by atoms with van der Waals surface area (Å²) in [5.74, 6) is 1.24. The molecular weight excluding hydrogens is 402 g/mol. The summed E-state index contributed by atoms with van der Waals surface area (Å²) < 4.78 is 13.9. The molecular formula is C23H28ClN3O3. The molecule has 3 aromatic rings. The number of halogens is 1. The number of nitrogens with zero attached hydrogens (tertiary/aromatic N) is 3. The van der Waals surface area contributed by atoms with E-state index in [-0.39, 0.29) is 18.1 Å². The van der Waals surface area contributed by atoms with Crippen LogP contribution in [-0.4, -0.2) is 23.4 Å². The van der Waals surface area contributed by atoms with Gasteiger partial charge in [0.25, 0.3) is 0 Å². The molecule has 0 saturated heterocycles. The third-order valence-corrected chi connectivity index (χ3v) is 5.09. The smallest absolute Gasteiger partial charge is 0.329 e. The SMILES string of the molecule is COc1ccc(-c2cc(=Nc3c(C)cc(C)cc3C)n(C)c(=O)n2C)cc1OC.Cl. The van der Waals surface area contributed by atoms with E-state index in [1.807, 2.05) is 38.1 Å². The van der Waals surface area contributed by atoms with Crippen LogP contribution in [-0.2, 0) is 14.1 Å². The van der Waals surface area contributed by atoms with Crippen LogP contribution in [0.1, 0.15) is 16.7 Å². The maximum absolute atomic E-state index is 12.9. The second-order valence-electron chi connectivity index (χ2n) is 7.22. The summed E-state index contributed by atoms with van der Waals surface area (Å²) in [6.45, 7) is 6.14. The molecule has 0 unspecified atom stereocenters. The second-order valence-corrected chi connectivity index (χ2v) is 7.22. The van der Waals surface area contributed by atoms with Gasteiger partial charge in [0, 0.05) is 25.7 Å². The molecule has 0 aliphatic rings. The van der Waals surface area contributed by atoms with Crippen LogP contribution in [0.15, 0.2) is 46.2 Å². The number of hydrogen-bond donors (Lipinski definition) is 0. The van der Waals surface area contributed by atoms with E-state index in [4.69, 9.17) is 14.5 Å². The van der Waals surface area contributed by atoms with E-state index in [1.165, 1.54) is 5.56 Å². The summed E-state index contributed by atoms with van der Waals surface area (Å²) >= 11 is 0. The predicted octanol–water partition coefficient (Wildman–Crippen LogP) is 3.99. The molecule has 1 aromatic heterocycles. The van der Waals surface area contributed by atoms with Crippen LogP contribution >= 0.6 is 12.4 Å². The van der Waals surface area contributed by atoms with Crippen molar-refractivity contribution in [2.45, 2.75) is 20.8 Å². The number of rotatable bonds is 4. The van der Waals surface area contributed by atoms with Crippen molar-refractivity contribution in [2.24, 2.45) is 19.1 Å². The zero-order chi connectivity index (χ0) is 21.3. The summed E-state index contributed by atoms with van der Waals surface area (Å²) in [7, 11) is 6.67. The van der Waals surface area contributed by atoms with Crippen molar-refractivity contribution in [3.63, 3.8) is 0 Å². The fourth-order valence-corrected chi connectivity index (χ4v) is 3.59. The van der Waals surface area contributed by atoms with Crippen LogP contribution in [0.5, 0.6) is 11.5 Å². The first-order valence-corrected chi connectivity index (χ1v) is 9.39. The first kappa shape index (κ1) is 23.3. The van der Waals surface area contributed by atoms with Gasteiger partial charge < -0.3 is 9.47 Å². The summed E-state index contributed by atoms with van der Waals surface area (Å²) in [4.78, 5) is 17.7. The molecule has 2 aromatic carbocycles. The van der Waals surface area contributed by atoms with Crippen molar-refractivity contribution in [3.8, 4) is 22.8 Å². The van der Waals surface area contributed by atoms with Gasteiger partial charge in [0.05, 0.1) is 25.6 Å². The van der Waals surface area contributed by atoms with E-state index in [0.29, 0.717) is 17.0 Å². The Bertz CT molecular complexity index is 1190. The number of ether oxygens (including phenoxy) is 2. The minimum atomic E-state index is -0.154. The second kappa shape index (κ2) is 9.22. The van der Waals surface area contributed by atoms with Crippen LogP contribution in [0.4, 0.5) is 5.69 Å². The quantitative estimate of drug-likeness (QED) is 0.630. The van der Waals surface area contributed by atoms with E-state index < -0.39 is 0 Å². The molecule has 0 radical (unpaired) electrons. The Kier molecular flexibility index (Phi) is 7.16. The molecule has 6 nitrogen and oxygen atoms in total. The van der Waals surface area contributed by atoms with Crippen molar-refractivity contribution in [3.05, 3.63) is 69.1 Å². The van der Waals surface area contributed by atoms with Gasteiger partial charge in [-0.2, -0.15) is 0 Å². The Labute approximate surface area is 182 Å². The number of aryl methyl sites for hydroxylation is 3. The molecule has 0 bridgehead atoms. The number of aromatic nitrogens is 2. The lowest BCUT2D eigenvalue weighted by molar-refractivity contribution is 0.355. The largest absolute Gasteiger partial charge is 0.493 e. The molecule has 0 amide bonds. The van der Waals surface area contributed by atoms with Crippen LogP contribution in [0, 0.1) is 20.8 Å². The Morgan fingerprint density at radius 3 is 2.00 bits per heavy atom. The Morgan fingerprint density at radius 1 is 0.833 bits per heavy atom. The Balaban J connectivity index is 0.00000320. The molecule has 0 saturated carbocycles. The standard InChI is InChI=1S/C23H27N3O3.ClH/c1-14-10-15(2)22(16(3)11-14)24-21-13-18(25(4)23(27)26(21)5)17-8-9-19(28-6)20(12-17)29-7;/h8-13H,1-7H3;1H. The molecule has 3 rings (SSSR count). The molecule has 0 aliphatic heterocycles. The molecule has 7 heteroatoms. The maximum atomic E-state index is 12.9. The average molecular weight is 430 g/mol. The van der Waals surface area contributed by atoms with Gasteiger partial charge in [-0.3, -0.25) is 9.13 Å². The van der Waals surface area contributed by atoms with Gasteiger partial charge in [0.1, 0.15) is 5.49 Å². The van der Waals surface area contributed by atoms with Crippen molar-refractivity contribution in [2.75, 3.05) is 14.2 Å². The molecule has 30 heavy (non-hydrogen) atoms. The summed E-state index contributed by atoms with van der Waals surface area (Å²) in [6, 6.07) is 11.7. The van der Waals surface area contributed by atoms with Crippen molar-refractivity contribution >= 4 is 18.1 Å². The predicted molar refractivity (Wildman–Crippen MR) is 122 cm³/mol. The van der Waals surface area contributed by atoms with Crippen molar-refractivity contribution in [1.82, 2.24) is 9.13 Å². The highest BCUT2D eigenvalue weighted by Gasteiger charge is 2.12. The lowest BCUT2D eigenvalue weighted by atomic mass is 10.1. The number of hydrogen-bond acceptors (Lipinski definition) is 4. The topological polar surface area (TPSA) is 57.8 Å². The fraction of sp³-hybridized carbons (Fsp3) is 0.304. The van der Waals surface area contributed by atoms with Crippen LogP contribution in [0.3, 0.4) is 0 Å². The minimum Gasteiger partial charge on any atom is -0.493 e. The van der Waals surface area contributed by atoms with Gasteiger partial charge in [-0.1, -0.05) is 17.7 Å². The van der Waals surface area contributed by atoms with Crippen LogP contribution in [0.25, 0.3) is 11.3 Å². The van der Waals surface area contributed by atoms with Crippen LogP contribution < -0.4 is 20.7 Å². The van der Waals surface area contributed by atoms with Crippen LogP contribution in [0.2, 0.25) is 0 Å². The Hall–Kier alpha value is -2.99. The van der Waals surface area contributed by atoms with Gasteiger partial charge in [-0.05, 0) is 50.1 Å². The normalized spacial score (nSPS) is 11.2. The summed E-state index contributed by atoms with van der Waals surface area (Å²) in [5.41, 5.74) is 6.26. The lowest BCUT2D eigenvalue weighted by Gasteiger charge is -2.14. The summed E-state index contributed by atoms with van der Waals surface area (Å²) in [5, 5.41) is 0. The fourth-order valence-electron chi connectivity index (χ4n) is 3.59. The highest BCUT2D eigenvalue weighted by atomic mass is 35.5. The van der Waals surface area contributed by atoms with Gasteiger partial charge in [0.15, 0.2) is 11.5 Å². The zero-order valence-corrected chi connectivity index (χ0v) is 19.3. The number of benzene rings is 2. The van der Waals surface area contributed by atoms with E-state index in [9.17, 15) is 4.79 Å². The van der Waals surface area contributed by atoms with Gasteiger partial charge in [-0.25, -0.2) is 9.79 Å². The molecule has 1 heterocycles. The molecule has 0 atom stereocenters. The van der Waals surface area contributed by atoms with Gasteiger partial charge in [0.2, 0.25) is 0 Å². The van der Waals surface area contributed by atoms with Gasteiger partial charge in [-0.15, -0.1) is 12.4 Å². The highest BCUT2D eigenvalue weighted by molar-refractivity contribution is 5.85. The van der Waals surface area contributed by atoms with E-state index >= 15 is 0 Å². The molecule has 0 aliphatic carbocycles. The highest BCUT2D eigenvalue weighted by Crippen LogP contribution is 2.31. The lowest BCUT2D eigenvalue weighted by Crippen LogP contribution is -2.37.